The Morgan fingerprint density at radius 2 is 1.97 bits per heavy atom. The Morgan fingerprint density at radius 3 is 2.64 bits per heavy atom. The first-order valence-electron chi connectivity index (χ1n) is 13.2. The topological polar surface area (TPSA) is 131 Å². The number of aliphatic hydroxyl groups is 2. The van der Waals surface area contributed by atoms with Gasteiger partial charge in [0.2, 0.25) is 5.91 Å². The summed E-state index contributed by atoms with van der Waals surface area (Å²) in [6.07, 6.45) is 1.43. The van der Waals surface area contributed by atoms with E-state index < -0.39 is 24.5 Å². The van der Waals surface area contributed by atoms with Crippen molar-refractivity contribution in [2.45, 2.75) is 78.2 Å². The molecule has 39 heavy (non-hydrogen) atoms. The summed E-state index contributed by atoms with van der Waals surface area (Å²) in [6, 6.07) is 2.84. The van der Waals surface area contributed by atoms with Crippen LogP contribution in [0.1, 0.15) is 79.0 Å². The summed E-state index contributed by atoms with van der Waals surface area (Å²) in [7, 11) is 0. The van der Waals surface area contributed by atoms with Crippen LogP contribution in [0.2, 0.25) is 0 Å². The van der Waals surface area contributed by atoms with Crippen LogP contribution in [-0.4, -0.2) is 44.4 Å². The molecule has 10 heteroatoms. The predicted molar refractivity (Wildman–Crippen MR) is 142 cm³/mol. The highest BCUT2D eigenvalue weighted by Gasteiger charge is 2.37. The number of nitrogens with zero attached hydrogens (tertiary/aromatic N) is 2. The molecule has 9 nitrogen and oxygen atoms in total. The number of aliphatic hydroxyl groups excluding tert-OH is 2. The van der Waals surface area contributed by atoms with E-state index in [1.54, 1.807) is 25.3 Å². The van der Waals surface area contributed by atoms with Gasteiger partial charge in [0.25, 0.3) is 5.56 Å². The molecule has 206 valence electrons. The van der Waals surface area contributed by atoms with E-state index in [0.717, 1.165) is 22.1 Å². The van der Waals surface area contributed by atoms with Crippen molar-refractivity contribution in [1.82, 2.24) is 14.9 Å². The summed E-state index contributed by atoms with van der Waals surface area (Å²) >= 11 is 0. The number of rotatable bonds is 3. The number of fused-ring (bicyclic) bond motifs is 5. The van der Waals surface area contributed by atoms with Crippen molar-refractivity contribution in [1.29, 1.82) is 0 Å². The van der Waals surface area contributed by atoms with Gasteiger partial charge in [0, 0.05) is 23.1 Å². The molecule has 3 N–H and O–H groups in total. The number of halogens is 1. The largest absolute Gasteiger partial charge is 0.460 e. The number of ether oxygens (including phenoxy) is 1. The molecule has 3 aliphatic rings. The number of cyclic esters (lactones) is 1. The number of amides is 1. The first kappa shape index (κ1) is 27.0. The number of carbonyl (C=O) groups excluding carboxylic acids is 2. The molecule has 2 aliphatic heterocycles. The molecule has 2 unspecified atom stereocenters. The Morgan fingerprint density at radius 1 is 1.26 bits per heavy atom. The number of pyridine rings is 2. The van der Waals surface area contributed by atoms with Crippen molar-refractivity contribution in [2.24, 2.45) is 0 Å². The van der Waals surface area contributed by atoms with Crippen LogP contribution in [0.5, 0.6) is 0 Å². The number of benzene rings is 1. The molecule has 0 saturated heterocycles. The molecular formula is C29H32FN3O6. The average molecular weight is 538 g/mol. The molecule has 2 aromatic heterocycles. The highest BCUT2D eigenvalue weighted by molar-refractivity contribution is 5.93. The first-order chi connectivity index (χ1) is 18.6. The minimum Gasteiger partial charge on any atom is -0.460 e. The van der Waals surface area contributed by atoms with E-state index >= 15 is 0 Å². The van der Waals surface area contributed by atoms with Crippen molar-refractivity contribution >= 4 is 22.8 Å². The van der Waals surface area contributed by atoms with Gasteiger partial charge in [-0.25, -0.2) is 9.37 Å². The van der Waals surface area contributed by atoms with Gasteiger partial charge in [-0.2, -0.15) is 0 Å². The van der Waals surface area contributed by atoms with Crippen LogP contribution in [0.25, 0.3) is 22.3 Å². The smallest absolute Gasteiger partial charge is 0.313 e. The Labute approximate surface area is 224 Å². The summed E-state index contributed by atoms with van der Waals surface area (Å²) in [5.41, 5.74) is 5.52. The van der Waals surface area contributed by atoms with Gasteiger partial charge in [0.05, 0.1) is 41.0 Å². The Hall–Kier alpha value is -3.63. The normalized spacial score (nSPS) is 18.6. The van der Waals surface area contributed by atoms with Gasteiger partial charge < -0.3 is 24.8 Å². The lowest BCUT2D eigenvalue weighted by atomic mass is 9.81. The first-order valence-corrected chi connectivity index (χ1v) is 13.2. The van der Waals surface area contributed by atoms with E-state index in [1.165, 1.54) is 6.07 Å². The highest BCUT2D eigenvalue weighted by Crippen LogP contribution is 2.45. The highest BCUT2D eigenvalue weighted by atomic mass is 19.1. The fourth-order valence-corrected chi connectivity index (χ4v) is 5.96. The van der Waals surface area contributed by atoms with Gasteiger partial charge in [-0.05, 0) is 68.4 Å². The van der Waals surface area contributed by atoms with E-state index in [4.69, 9.17) is 14.8 Å². The molecule has 0 bridgehead atoms. The molecule has 0 saturated carbocycles. The number of aromatic nitrogens is 2. The van der Waals surface area contributed by atoms with Crippen LogP contribution in [-0.2, 0) is 33.9 Å². The van der Waals surface area contributed by atoms with E-state index in [0.29, 0.717) is 52.9 Å². The number of aryl methyl sites for hydroxylation is 1. The summed E-state index contributed by atoms with van der Waals surface area (Å²) in [6.45, 7) is 6.61. The maximum absolute atomic E-state index is 14.8. The Bertz CT molecular complexity index is 1580. The zero-order chi connectivity index (χ0) is 28.2. The van der Waals surface area contributed by atoms with Crippen LogP contribution in [0.15, 0.2) is 16.9 Å². The lowest BCUT2D eigenvalue weighted by Gasteiger charge is -2.29. The number of esters is 1. The molecule has 0 fully saturated rings. The molecule has 0 radical (unpaired) electrons. The van der Waals surface area contributed by atoms with Crippen molar-refractivity contribution in [2.75, 3.05) is 6.61 Å². The lowest BCUT2D eigenvalue weighted by Crippen LogP contribution is -2.34. The maximum Gasteiger partial charge on any atom is 0.313 e. The van der Waals surface area contributed by atoms with Crippen molar-refractivity contribution < 1.29 is 28.9 Å². The van der Waals surface area contributed by atoms with Crippen molar-refractivity contribution in [3.8, 4) is 11.4 Å². The van der Waals surface area contributed by atoms with Gasteiger partial charge in [-0.15, -0.1) is 0 Å². The minimum absolute atomic E-state index is 0.0634. The SMILES string of the molecule is CC(C)O.CCC1C(=O)OCc2c1cc1n(c2=O)Cc2c-1nc1cc(F)c(C)c3c1c2C(NC(=O)CO)CC3. The number of hydrogen-bond donors (Lipinski definition) is 3. The Balaban J connectivity index is 0.000000723. The van der Waals surface area contributed by atoms with Crippen LogP contribution in [0.4, 0.5) is 4.39 Å². The van der Waals surface area contributed by atoms with Crippen LogP contribution >= 0.6 is 0 Å². The van der Waals surface area contributed by atoms with Crippen LogP contribution < -0.4 is 10.9 Å². The van der Waals surface area contributed by atoms with Gasteiger partial charge in [-0.1, -0.05) is 6.92 Å². The average Bonchev–Trinajstić information content (AvgIpc) is 3.26. The zero-order valence-corrected chi connectivity index (χ0v) is 22.4. The van der Waals surface area contributed by atoms with E-state index in [9.17, 15) is 23.9 Å². The molecule has 0 spiro atoms. The summed E-state index contributed by atoms with van der Waals surface area (Å²) in [4.78, 5) is 42.8. The molecule has 6 rings (SSSR count). The number of carbonyl (C=O) groups is 2. The summed E-state index contributed by atoms with van der Waals surface area (Å²) in [5.74, 6) is -1.72. The molecule has 1 amide bonds. The third kappa shape index (κ3) is 4.41. The maximum atomic E-state index is 14.8. The summed E-state index contributed by atoms with van der Waals surface area (Å²) in [5, 5.41) is 21.1. The quantitative estimate of drug-likeness (QED) is 0.343. The second kappa shape index (κ2) is 10.2. The third-order valence-electron chi connectivity index (χ3n) is 7.68. The number of hydrogen-bond acceptors (Lipinski definition) is 7. The fraction of sp³-hybridized carbons (Fsp3) is 0.448. The van der Waals surface area contributed by atoms with E-state index in [1.807, 2.05) is 13.0 Å². The van der Waals surface area contributed by atoms with E-state index in [-0.39, 0.29) is 36.6 Å². The standard InChI is InChI=1S/C26H24FN3O5.C3H8O/c1-3-12-14-6-20-24-15(8-30(20)25(33)16(14)10-35-26(12)34)23-18(28-21(32)9-31)5-4-13-11(2)17(27)7-19(29-24)22(13)23;1-3(2)4/h6-7,12,18,31H,3-5,8-10H2,1-2H3,(H,28,32);3-4H,1-2H3. The molecule has 2 atom stereocenters. The second-order valence-electron chi connectivity index (χ2n) is 10.5. The predicted octanol–water partition coefficient (Wildman–Crippen LogP) is 2.91. The molecule has 1 aliphatic carbocycles. The van der Waals surface area contributed by atoms with Crippen molar-refractivity contribution in [3.05, 3.63) is 61.7 Å². The number of nitrogens with one attached hydrogen (secondary N) is 1. The zero-order valence-electron chi connectivity index (χ0n) is 22.4. The van der Waals surface area contributed by atoms with Gasteiger partial charge >= 0.3 is 5.97 Å². The van der Waals surface area contributed by atoms with Gasteiger partial charge in [0.15, 0.2) is 0 Å². The fourth-order valence-electron chi connectivity index (χ4n) is 5.96. The molecular weight excluding hydrogens is 505 g/mol. The van der Waals surface area contributed by atoms with E-state index in [2.05, 4.69) is 5.32 Å². The third-order valence-corrected chi connectivity index (χ3v) is 7.68. The van der Waals surface area contributed by atoms with Gasteiger partial charge in [-0.3, -0.25) is 14.4 Å². The molecule has 3 aromatic rings. The van der Waals surface area contributed by atoms with Crippen LogP contribution in [0, 0.1) is 12.7 Å². The molecule has 1 aromatic carbocycles. The van der Waals surface area contributed by atoms with Crippen molar-refractivity contribution in [3.63, 3.8) is 0 Å². The summed E-state index contributed by atoms with van der Waals surface area (Å²) < 4.78 is 21.7. The molecule has 4 heterocycles. The Kier molecular flexibility index (Phi) is 7.02. The van der Waals surface area contributed by atoms with Crippen LogP contribution in [0.3, 0.4) is 0 Å². The minimum atomic E-state index is -0.638. The monoisotopic (exact) mass is 537 g/mol. The second-order valence-corrected chi connectivity index (χ2v) is 10.5. The lowest BCUT2D eigenvalue weighted by molar-refractivity contribution is -0.148. The van der Waals surface area contributed by atoms with Gasteiger partial charge in [0.1, 0.15) is 19.0 Å².